The minimum atomic E-state index is -4.84. The average molecular weight is 567 g/mol. The minimum Gasteiger partial charge on any atom is -0.445 e. The fraction of sp³-hybridized carbons (Fsp3) is 0.440. The first-order chi connectivity index (χ1) is 18.7. The van der Waals surface area contributed by atoms with Gasteiger partial charge < -0.3 is 19.3 Å². The lowest BCUT2D eigenvalue weighted by atomic mass is 10.0. The Morgan fingerprint density at radius 3 is 2.36 bits per heavy atom. The van der Waals surface area contributed by atoms with E-state index in [-0.39, 0.29) is 17.5 Å². The topological polar surface area (TPSA) is 104 Å². The molecule has 3 aromatic rings. The number of benzene rings is 2. The van der Waals surface area contributed by atoms with Gasteiger partial charge in [0, 0.05) is 50.9 Å². The quantitative estimate of drug-likeness (QED) is 0.496. The molecule has 0 bridgehead atoms. The summed E-state index contributed by atoms with van der Waals surface area (Å²) in [4.78, 5) is 31.3. The van der Waals surface area contributed by atoms with Crippen LogP contribution in [0.15, 0.2) is 36.4 Å². The third kappa shape index (κ3) is 6.53. The van der Waals surface area contributed by atoms with E-state index in [1.807, 2.05) is 4.90 Å². The number of likely N-dealkylation sites (tertiary alicyclic amines) is 1. The van der Waals surface area contributed by atoms with Crippen LogP contribution in [0.1, 0.15) is 28.8 Å². The highest BCUT2D eigenvalue weighted by Gasteiger charge is 2.33. The van der Waals surface area contributed by atoms with Crippen LogP contribution < -0.4 is 4.74 Å². The number of piperazine rings is 1. The predicted molar refractivity (Wildman–Crippen MR) is 134 cm³/mol. The third-order valence-corrected chi connectivity index (χ3v) is 7.28. The monoisotopic (exact) mass is 566 g/mol. The van der Waals surface area contributed by atoms with Crippen LogP contribution >= 0.6 is 11.6 Å². The van der Waals surface area contributed by atoms with E-state index in [4.69, 9.17) is 16.3 Å². The summed E-state index contributed by atoms with van der Waals surface area (Å²) in [7, 11) is 0. The maximum atomic E-state index is 13.0. The number of aromatic nitrogens is 3. The molecular weight excluding hydrogens is 541 g/mol. The second-order valence-corrected chi connectivity index (χ2v) is 9.85. The van der Waals surface area contributed by atoms with E-state index in [1.54, 1.807) is 23.1 Å². The second kappa shape index (κ2) is 11.3. The van der Waals surface area contributed by atoms with Crippen molar-refractivity contribution in [1.82, 2.24) is 30.1 Å². The number of rotatable bonds is 5. The van der Waals surface area contributed by atoms with E-state index in [1.165, 1.54) is 12.1 Å². The van der Waals surface area contributed by atoms with Gasteiger partial charge in [0.25, 0.3) is 5.91 Å². The van der Waals surface area contributed by atoms with Crippen molar-refractivity contribution in [2.75, 3.05) is 39.3 Å². The van der Waals surface area contributed by atoms with E-state index in [0.717, 1.165) is 32.0 Å². The molecule has 39 heavy (non-hydrogen) atoms. The Balaban J connectivity index is 1.05. The fourth-order valence-electron chi connectivity index (χ4n) is 4.94. The Kier molecular flexibility index (Phi) is 7.80. The highest BCUT2D eigenvalue weighted by molar-refractivity contribution is 6.32. The zero-order valence-corrected chi connectivity index (χ0v) is 21.5. The molecule has 5 rings (SSSR count). The molecule has 2 saturated heterocycles. The number of carbonyl (C=O) groups excluding carboxylic acids is 2. The van der Waals surface area contributed by atoms with Gasteiger partial charge in [-0.2, -0.15) is 15.4 Å². The van der Waals surface area contributed by atoms with E-state index < -0.39 is 18.2 Å². The number of halogens is 4. The maximum Gasteiger partial charge on any atom is 0.573 e. The SMILES string of the molecule is O=C(OCc1ccc(OC(F)(F)F)c(Cl)c1)N1CCC(N2CCN(C(=O)c3ccc4n[nH]nc4c3)CC2)CC1. The highest BCUT2D eigenvalue weighted by atomic mass is 35.5. The molecule has 1 aromatic heterocycles. The van der Waals surface area contributed by atoms with Gasteiger partial charge >= 0.3 is 12.5 Å². The van der Waals surface area contributed by atoms with Gasteiger partial charge in [0.2, 0.25) is 0 Å². The number of piperidine rings is 1. The van der Waals surface area contributed by atoms with E-state index in [9.17, 15) is 22.8 Å². The van der Waals surface area contributed by atoms with Crippen molar-refractivity contribution in [2.24, 2.45) is 0 Å². The Labute approximate surface area is 226 Å². The number of hydrogen-bond donors (Lipinski definition) is 1. The van der Waals surface area contributed by atoms with Gasteiger partial charge in [0.05, 0.1) is 5.02 Å². The van der Waals surface area contributed by atoms with E-state index in [0.29, 0.717) is 54.4 Å². The number of alkyl halides is 3. The van der Waals surface area contributed by atoms with Gasteiger partial charge in [-0.25, -0.2) is 4.79 Å². The Morgan fingerprint density at radius 1 is 0.949 bits per heavy atom. The van der Waals surface area contributed by atoms with Crippen molar-refractivity contribution in [2.45, 2.75) is 31.9 Å². The number of nitrogens with one attached hydrogen (secondary N) is 1. The minimum absolute atomic E-state index is 0.0269. The van der Waals surface area contributed by atoms with Crippen molar-refractivity contribution in [3.05, 3.63) is 52.5 Å². The first-order valence-electron chi connectivity index (χ1n) is 12.5. The number of H-pyrrole nitrogens is 1. The van der Waals surface area contributed by atoms with Crippen LogP contribution in [0.5, 0.6) is 5.75 Å². The molecular formula is C25H26ClF3N6O4. The number of ether oxygens (including phenoxy) is 2. The standard InChI is InChI=1S/C25H26ClF3N6O4/c26-19-13-16(1-4-22(19)39-25(27,28)29)15-38-24(37)35-7-5-18(6-8-35)33-9-11-34(12-10-33)23(36)17-2-3-20-21(14-17)31-32-30-20/h1-4,13-14,18H,5-12,15H2,(H,30,31,32). The molecule has 3 heterocycles. The van der Waals surface area contributed by atoms with Crippen LogP contribution in [-0.4, -0.2) is 93.8 Å². The molecule has 0 aliphatic carbocycles. The molecule has 2 aliphatic heterocycles. The normalized spacial score (nSPS) is 17.4. The number of nitrogens with zero attached hydrogens (tertiary/aromatic N) is 5. The van der Waals surface area contributed by atoms with Gasteiger partial charge in [-0.15, -0.1) is 13.2 Å². The molecule has 0 radical (unpaired) electrons. The number of amides is 2. The Hall–Kier alpha value is -3.58. The molecule has 0 saturated carbocycles. The predicted octanol–water partition coefficient (Wildman–Crippen LogP) is 4.07. The summed E-state index contributed by atoms with van der Waals surface area (Å²) in [6, 6.07) is 9.32. The van der Waals surface area contributed by atoms with Crippen LogP contribution in [0.2, 0.25) is 5.02 Å². The van der Waals surface area contributed by atoms with E-state index in [2.05, 4.69) is 25.0 Å². The summed E-state index contributed by atoms with van der Waals surface area (Å²) in [6.07, 6.45) is -3.77. The molecule has 2 aliphatic rings. The molecule has 0 atom stereocenters. The van der Waals surface area contributed by atoms with Crippen LogP contribution in [0.3, 0.4) is 0 Å². The van der Waals surface area contributed by atoms with Crippen molar-refractivity contribution in [3.8, 4) is 5.75 Å². The molecule has 208 valence electrons. The number of hydrogen-bond acceptors (Lipinski definition) is 7. The number of carbonyl (C=O) groups is 2. The summed E-state index contributed by atoms with van der Waals surface area (Å²) in [5.41, 5.74) is 2.40. The Morgan fingerprint density at radius 2 is 1.67 bits per heavy atom. The highest BCUT2D eigenvalue weighted by Crippen LogP contribution is 2.31. The third-order valence-electron chi connectivity index (χ3n) is 6.99. The largest absolute Gasteiger partial charge is 0.573 e. The van der Waals surface area contributed by atoms with Crippen molar-refractivity contribution in [3.63, 3.8) is 0 Å². The van der Waals surface area contributed by atoms with Gasteiger partial charge in [0.1, 0.15) is 23.4 Å². The van der Waals surface area contributed by atoms with Gasteiger partial charge in [-0.1, -0.05) is 17.7 Å². The molecule has 2 fully saturated rings. The lowest BCUT2D eigenvalue weighted by Gasteiger charge is -2.42. The Bertz CT molecular complexity index is 1340. The lowest BCUT2D eigenvalue weighted by molar-refractivity contribution is -0.274. The van der Waals surface area contributed by atoms with Crippen molar-refractivity contribution >= 4 is 34.6 Å². The smallest absolute Gasteiger partial charge is 0.445 e. The summed E-state index contributed by atoms with van der Waals surface area (Å²) in [5.74, 6) is -0.541. The number of aromatic amines is 1. The zero-order chi connectivity index (χ0) is 27.6. The van der Waals surface area contributed by atoms with Gasteiger partial charge in [0.15, 0.2) is 0 Å². The van der Waals surface area contributed by atoms with E-state index >= 15 is 0 Å². The molecule has 0 unspecified atom stereocenters. The number of fused-ring (bicyclic) bond motifs is 1. The van der Waals surface area contributed by atoms with Crippen molar-refractivity contribution in [1.29, 1.82) is 0 Å². The molecule has 2 aromatic carbocycles. The van der Waals surface area contributed by atoms with Crippen molar-refractivity contribution < 1.29 is 32.2 Å². The summed E-state index contributed by atoms with van der Waals surface area (Å²) in [5, 5.41) is 10.4. The fourth-order valence-corrected chi connectivity index (χ4v) is 5.18. The zero-order valence-electron chi connectivity index (χ0n) is 20.8. The first-order valence-corrected chi connectivity index (χ1v) is 12.8. The summed E-state index contributed by atoms with van der Waals surface area (Å²) in [6.45, 7) is 3.67. The lowest BCUT2D eigenvalue weighted by Crippen LogP contribution is -2.54. The molecule has 10 nitrogen and oxygen atoms in total. The molecule has 0 spiro atoms. The maximum absolute atomic E-state index is 13.0. The van der Waals surface area contributed by atoms with Gasteiger partial charge in [-0.3, -0.25) is 9.69 Å². The average Bonchev–Trinajstić information content (AvgIpc) is 3.40. The van der Waals surface area contributed by atoms with Crippen LogP contribution in [0, 0.1) is 0 Å². The molecule has 14 heteroatoms. The van der Waals surface area contributed by atoms with Gasteiger partial charge in [-0.05, 0) is 48.7 Å². The van der Waals surface area contributed by atoms with Crippen LogP contribution in [0.4, 0.5) is 18.0 Å². The molecule has 2 amide bonds. The van der Waals surface area contributed by atoms with Crippen LogP contribution in [-0.2, 0) is 11.3 Å². The summed E-state index contributed by atoms with van der Waals surface area (Å²) >= 11 is 5.86. The molecule has 1 N–H and O–H groups in total. The summed E-state index contributed by atoms with van der Waals surface area (Å²) < 4.78 is 46.4. The second-order valence-electron chi connectivity index (χ2n) is 9.44. The van der Waals surface area contributed by atoms with Crippen LogP contribution in [0.25, 0.3) is 11.0 Å². The first kappa shape index (κ1) is 27.0.